The Hall–Kier alpha value is -2.89. The summed E-state index contributed by atoms with van der Waals surface area (Å²) in [6.45, 7) is 0. The van der Waals surface area contributed by atoms with Crippen LogP contribution in [-0.4, -0.2) is 16.1 Å². The van der Waals surface area contributed by atoms with Gasteiger partial charge >= 0.3 is 5.97 Å². The SMILES string of the molecule is O=C(O)c1cc(-c2ccc(F)cc2F)nc2ccc(F)cc12. The first-order valence-corrected chi connectivity index (χ1v) is 6.25. The summed E-state index contributed by atoms with van der Waals surface area (Å²) in [6.07, 6.45) is 0. The zero-order chi connectivity index (χ0) is 15.9. The second-order valence-electron chi connectivity index (χ2n) is 4.65. The van der Waals surface area contributed by atoms with E-state index in [1.54, 1.807) is 0 Å². The quantitative estimate of drug-likeness (QED) is 0.778. The van der Waals surface area contributed by atoms with Crippen molar-refractivity contribution in [3.8, 4) is 11.3 Å². The third-order valence-electron chi connectivity index (χ3n) is 3.21. The van der Waals surface area contributed by atoms with E-state index in [4.69, 9.17) is 0 Å². The number of halogens is 3. The molecule has 0 aliphatic rings. The van der Waals surface area contributed by atoms with Crippen LogP contribution in [0.5, 0.6) is 0 Å². The average Bonchev–Trinajstić information content (AvgIpc) is 2.46. The van der Waals surface area contributed by atoms with Gasteiger partial charge in [0.25, 0.3) is 0 Å². The molecule has 0 aliphatic carbocycles. The highest BCUT2D eigenvalue weighted by Crippen LogP contribution is 2.27. The van der Waals surface area contributed by atoms with Crippen molar-refractivity contribution < 1.29 is 23.1 Å². The van der Waals surface area contributed by atoms with Gasteiger partial charge in [0.2, 0.25) is 0 Å². The van der Waals surface area contributed by atoms with Crippen molar-refractivity contribution in [1.29, 1.82) is 0 Å². The minimum Gasteiger partial charge on any atom is -0.478 e. The van der Waals surface area contributed by atoms with E-state index < -0.39 is 23.4 Å². The third-order valence-corrected chi connectivity index (χ3v) is 3.21. The molecular weight excluding hydrogens is 295 g/mol. The van der Waals surface area contributed by atoms with Gasteiger partial charge in [-0.2, -0.15) is 0 Å². The summed E-state index contributed by atoms with van der Waals surface area (Å²) in [5, 5.41) is 9.36. The van der Waals surface area contributed by atoms with Crippen LogP contribution in [0.3, 0.4) is 0 Å². The lowest BCUT2D eigenvalue weighted by Gasteiger charge is -2.08. The summed E-state index contributed by atoms with van der Waals surface area (Å²) in [5.41, 5.74) is 0.00684. The zero-order valence-corrected chi connectivity index (χ0v) is 11.0. The molecule has 110 valence electrons. The summed E-state index contributed by atoms with van der Waals surface area (Å²) in [4.78, 5) is 15.5. The Labute approximate surface area is 122 Å². The van der Waals surface area contributed by atoms with E-state index in [0.717, 1.165) is 24.3 Å². The summed E-state index contributed by atoms with van der Waals surface area (Å²) < 4.78 is 40.1. The highest BCUT2D eigenvalue weighted by molar-refractivity contribution is 6.03. The number of nitrogens with zero attached hydrogens (tertiary/aromatic N) is 1. The number of aromatic nitrogens is 1. The fourth-order valence-corrected chi connectivity index (χ4v) is 2.21. The monoisotopic (exact) mass is 303 g/mol. The van der Waals surface area contributed by atoms with Gasteiger partial charge in [0.1, 0.15) is 17.5 Å². The molecule has 22 heavy (non-hydrogen) atoms. The van der Waals surface area contributed by atoms with Crippen molar-refractivity contribution in [1.82, 2.24) is 4.98 Å². The standard InChI is InChI=1S/C16H8F3NO2/c17-8-2-4-14-11(5-8)12(16(21)22)7-15(20-14)10-3-1-9(18)6-13(10)19/h1-7H,(H,21,22). The van der Waals surface area contributed by atoms with Crippen molar-refractivity contribution >= 4 is 16.9 Å². The predicted octanol–water partition coefficient (Wildman–Crippen LogP) is 4.02. The largest absolute Gasteiger partial charge is 0.478 e. The van der Waals surface area contributed by atoms with Crippen molar-refractivity contribution in [2.75, 3.05) is 0 Å². The first kappa shape index (κ1) is 14.1. The van der Waals surface area contributed by atoms with E-state index in [2.05, 4.69) is 4.98 Å². The number of pyridine rings is 1. The van der Waals surface area contributed by atoms with Gasteiger partial charge in [-0.15, -0.1) is 0 Å². The molecule has 3 nitrogen and oxygen atoms in total. The maximum Gasteiger partial charge on any atom is 0.336 e. The Balaban J connectivity index is 2.32. The molecule has 0 radical (unpaired) electrons. The number of aromatic carboxylic acids is 1. The van der Waals surface area contributed by atoms with E-state index in [9.17, 15) is 23.1 Å². The lowest BCUT2D eigenvalue weighted by molar-refractivity contribution is 0.0699. The van der Waals surface area contributed by atoms with Crippen molar-refractivity contribution in [3.05, 3.63) is 65.5 Å². The van der Waals surface area contributed by atoms with E-state index in [1.807, 2.05) is 0 Å². The Morgan fingerprint density at radius 1 is 0.955 bits per heavy atom. The number of hydrogen-bond acceptors (Lipinski definition) is 2. The first-order valence-electron chi connectivity index (χ1n) is 6.25. The van der Waals surface area contributed by atoms with E-state index in [1.165, 1.54) is 12.1 Å². The van der Waals surface area contributed by atoms with E-state index in [-0.39, 0.29) is 27.7 Å². The molecule has 3 aromatic rings. The molecule has 1 N–H and O–H groups in total. The number of benzene rings is 2. The highest BCUT2D eigenvalue weighted by Gasteiger charge is 2.16. The second kappa shape index (κ2) is 5.14. The fourth-order valence-electron chi connectivity index (χ4n) is 2.21. The van der Waals surface area contributed by atoms with Crippen LogP contribution in [0.15, 0.2) is 42.5 Å². The summed E-state index contributed by atoms with van der Waals surface area (Å²) in [5.74, 6) is -3.49. The van der Waals surface area contributed by atoms with Gasteiger partial charge in [-0.25, -0.2) is 22.9 Å². The van der Waals surface area contributed by atoms with E-state index >= 15 is 0 Å². The van der Waals surface area contributed by atoms with Gasteiger partial charge in [0.05, 0.1) is 16.8 Å². The highest BCUT2D eigenvalue weighted by atomic mass is 19.1. The Morgan fingerprint density at radius 3 is 2.32 bits per heavy atom. The van der Waals surface area contributed by atoms with Crippen LogP contribution < -0.4 is 0 Å². The molecule has 6 heteroatoms. The smallest absolute Gasteiger partial charge is 0.336 e. The van der Waals surface area contributed by atoms with Crippen LogP contribution in [0.2, 0.25) is 0 Å². The average molecular weight is 303 g/mol. The molecule has 0 saturated heterocycles. The zero-order valence-electron chi connectivity index (χ0n) is 11.0. The van der Waals surface area contributed by atoms with Crippen LogP contribution in [0, 0.1) is 17.5 Å². The van der Waals surface area contributed by atoms with Gasteiger partial charge in [-0.3, -0.25) is 0 Å². The predicted molar refractivity (Wildman–Crippen MR) is 74.0 cm³/mol. The third kappa shape index (κ3) is 2.39. The normalized spacial score (nSPS) is 10.9. The Kier molecular flexibility index (Phi) is 3.29. The molecule has 0 saturated carbocycles. The molecule has 0 atom stereocenters. The molecule has 1 heterocycles. The number of rotatable bonds is 2. The van der Waals surface area contributed by atoms with Crippen LogP contribution in [0.1, 0.15) is 10.4 Å². The Morgan fingerprint density at radius 2 is 1.64 bits per heavy atom. The molecule has 2 aromatic carbocycles. The van der Waals surface area contributed by atoms with Crippen LogP contribution in [-0.2, 0) is 0 Å². The molecule has 0 amide bonds. The maximum atomic E-state index is 13.8. The molecule has 1 aromatic heterocycles. The van der Waals surface area contributed by atoms with Crippen LogP contribution in [0.4, 0.5) is 13.2 Å². The number of carboxylic acid groups (broad SMARTS) is 1. The summed E-state index contributed by atoms with van der Waals surface area (Å²) >= 11 is 0. The van der Waals surface area contributed by atoms with Crippen molar-refractivity contribution in [3.63, 3.8) is 0 Å². The van der Waals surface area contributed by atoms with Crippen molar-refractivity contribution in [2.24, 2.45) is 0 Å². The minimum absolute atomic E-state index is 0.0323. The lowest BCUT2D eigenvalue weighted by atomic mass is 10.0. The number of carbonyl (C=O) groups is 1. The molecule has 0 unspecified atom stereocenters. The van der Waals surface area contributed by atoms with Gasteiger partial charge in [0, 0.05) is 17.0 Å². The van der Waals surface area contributed by atoms with E-state index in [0.29, 0.717) is 6.07 Å². The Bertz CT molecular complexity index is 909. The van der Waals surface area contributed by atoms with Gasteiger partial charge in [0.15, 0.2) is 0 Å². The number of hydrogen-bond donors (Lipinski definition) is 1. The van der Waals surface area contributed by atoms with Crippen molar-refractivity contribution in [2.45, 2.75) is 0 Å². The molecule has 0 bridgehead atoms. The van der Waals surface area contributed by atoms with Gasteiger partial charge < -0.3 is 5.11 Å². The van der Waals surface area contributed by atoms with Gasteiger partial charge in [-0.1, -0.05) is 0 Å². The molecule has 0 fully saturated rings. The second-order valence-corrected chi connectivity index (χ2v) is 4.65. The van der Waals surface area contributed by atoms with Gasteiger partial charge in [-0.05, 0) is 36.4 Å². The first-order chi connectivity index (χ1) is 10.5. The fraction of sp³-hybridized carbons (Fsp3) is 0. The minimum atomic E-state index is -1.29. The topological polar surface area (TPSA) is 50.2 Å². The molecule has 3 rings (SSSR count). The maximum absolute atomic E-state index is 13.8. The lowest BCUT2D eigenvalue weighted by Crippen LogP contribution is -2.01. The van der Waals surface area contributed by atoms with Crippen LogP contribution in [0.25, 0.3) is 22.2 Å². The molecule has 0 spiro atoms. The summed E-state index contributed by atoms with van der Waals surface area (Å²) in [6, 6.07) is 7.54. The molecule has 0 aliphatic heterocycles. The summed E-state index contributed by atoms with van der Waals surface area (Å²) in [7, 11) is 0. The number of fused-ring (bicyclic) bond motifs is 1. The molecular formula is C16H8F3NO2. The number of carboxylic acids is 1. The van der Waals surface area contributed by atoms with Crippen LogP contribution >= 0.6 is 0 Å².